The molecule has 5 rings (SSSR count). The molecule has 2 N–H and O–H groups in total. The minimum Gasteiger partial charge on any atom is -0.355 e. The predicted octanol–water partition coefficient (Wildman–Crippen LogP) is 4.51. The molecule has 0 aliphatic carbocycles. The highest BCUT2D eigenvalue weighted by atomic mass is 16.2. The molecule has 2 heterocycles. The third-order valence-corrected chi connectivity index (χ3v) is 5.46. The average molecular weight is 406 g/mol. The molecule has 4 heteroatoms. The average Bonchev–Trinajstić information content (AvgIpc) is 3.15. The summed E-state index contributed by atoms with van der Waals surface area (Å²) in [5, 5.41) is 6.98. The van der Waals surface area contributed by atoms with Crippen LogP contribution < -0.4 is 10.6 Å². The Balaban J connectivity index is 1.48. The van der Waals surface area contributed by atoms with Crippen molar-refractivity contribution in [2.75, 3.05) is 0 Å². The summed E-state index contributed by atoms with van der Waals surface area (Å²) in [4.78, 5) is 15.0. The van der Waals surface area contributed by atoms with Crippen LogP contribution in [0.25, 0.3) is 11.8 Å². The van der Waals surface area contributed by atoms with Gasteiger partial charge in [0.25, 0.3) is 5.91 Å². The number of carbonyl (C=O) groups is 1. The molecule has 0 radical (unpaired) electrons. The molecule has 1 atom stereocenters. The maximum Gasteiger partial charge on any atom is 0.258 e. The van der Waals surface area contributed by atoms with Crippen LogP contribution in [0.2, 0.25) is 0 Å². The number of hydrogen-bond donors (Lipinski definition) is 2. The summed E-state index contributed by atoms with van der Waals surface area (Å²) in [6, 6.07) is 30.0. The van der Waals surface area contributed by atoms with Gasteiger partial charge in [0.1, 0.15) is 11.9 Å². The van der Waals surface area contributed by atoms with Gasteiger partial charge >= 0.3 is 0 Å². The Morgan fingerprint density at radius 3 is 2.19 bits per heavy atom. The Labute approximate surface area is 182 Å². The Morgan fingerprint density at radius 2 is 1.48 bits per heavy atom. The van der Waals surface area contributed by atoms with Gasteiger partial charge in [-0.25, -0.2) is 0 Å². The van der Waals surface area contributed by atoms with Gasteiger partial charge in [-0.05, 0) is 16.7 Å². The van der Waals surface area contributed by atoms with Crippen molar-refractivity contribution in [2.45, 2.75) is 12.5 Å². The molecule has 3 aromatic carbocycles. The normalized spacial score (nSPS) is 17.9. The molecule has 1 amide bonds. The van der Waals surface area contributed by atoms with Gasteiger partial charge in [-0.3, -0.25) is 9.69 Å². The van der Waals surface area contributed by atoms with Crippen LogP contribution in [-0.4, -0.2) is 16.8 Å². The third kappa shape index (κ3) is 4.01. The monoisotopic (exact) mass is 405 g/mol. The fourth-order valence-electron chi connectivity index (χ4n) is 3.88. The van der Waals surface area contributed by atoms with E-state index in [-0.39, 0.29) is 5.91 Å². The third-order valence-electron chi connectivity index (χ3n) is 5.46. The van der Waals surface area contributed by atoms with Crippen molar-refractivity contribution in [1.82, 2.24) is 15.5 Å². The molecule has 0 saturated carbocycles. The Morgan fingerprint density at radius 1 is 0.839 bits per heavy atom. The molecule has 2 aliphatic rings. The van der Waals surface area contributed by atoms with Crippen LogP contribution in [-0.2, 0) is 11.2 Å². The molecular weight excluding hydrogens is 382 g/mol. The summed E-state index contributed by atoms with van der Waals surface area (Å²) in [5.74, 6) is 0.832. The lowest BCUT2D eigenvalue weighted by Crippen LogP contribution is -2.31. The highest BCUT2D eigenvalue weighted by molar-refractivity contribution is 5.92. The summed E-state index contributed by atoms with van der Waals surface area (Å²) in [6.45, 7) is 0. The van der Waals surface area contributed by atoms with Crippen molar-refractivity contribution in [3.63, 3.8) is 0 Å². The molecular formula is C27H23N3O. The number of nitrogens with zero attached hydrogens (tertiary/aromatic N) is 1. The zero-order valence-electron chi connectivity index (χ0n) is 17.0. The second kappa shape index (κ2) is 8.36. The van der Waals surface area contributed by atoms with Gasteiger partial charge in [0.2, 0.25) is 0 Å². The number of rotatable bonds is 5. The number of amides is 1. The fourth-order valence-corrected chi connectivity index (χ4v) is 3.88. The van der Waals surface area contributed by atoms with Crippen molar-refractivity contribution in [3.05, 3.63) is 131 Å². The predicted molar refractivity (Wildman–Crippen MR) is 124 cm³/mol. The van der Waals surface area contributed by atoms with Crippen molar-refractivity contribution >= 4 is 17.7 Å². The SMILES string of the molecule is O=C1C(C=Cc2ccccc2)NC2=C(Cc3ccccc3)NC(c3ccccc3)=CN12. The van der Waals surface area contributed by atoms with E-state index in [1.54, 1.807) is 4.90 Å². The van der Waals surface area contributed by atoms with Crippen molar-refractivity contribution in [2.24, 2.45) is 0 Å². The lowest BCUT2D eigenvalue weighted by Gasteiger charge is -2.26. The van der Waals surface area contributed by atoms with E-state index in [1.807, 2.05) is 97.2 Å². The standard InChI is InChI=1S/C27H23N3O/c31-27-23(17-16-20-10-4-1-5-11-20)29-26-24(18-21-12-6-2-7-13-21)28-25(19-30(26)27)22-14-8-3-9-15-22/h1-17,19,23,28-29H,18H2. The maximum absolute atomic E-state index is 13.2. The topological polar surface area (TPSA) is 44.4 Å². The van der Waals surface area contributed by atoms with E-state index < -0.39 is 6.04 Å². The van der Waals surface area contributed by atoms with Crippen LogP contribution in [0, 0.1) is 0 Å². The van der Waals surface area contributed by atoms with Gasteiger partial charge in [-0.15, -0.1) is 0 Å². The van der Waals surface area contributed by atoms with Crippen LogP contribution in [0.4, 0.5) is 0 Å². The summed E-state index contributed by atoms with van der Waals surface area (Å²) in [7, 11) is 0. The first kappa shape index (κ1) is 18.9. The number of benzene rings is 3. The Kier molecular flexibility index (Phi) is 5.11. The number of carbonyl (C=O) groups excluding carboxylic acids is 1. The first-order valence-electron chi connectivity index (χ1n) is 10.4. The number of allylic oxidation sites excluding steroid dienone is 1. The molecule has 3 aromatic rings. The van der Waals surface area contributed by atoms with E-state index in [4.69, 9.17) is 0 Å². The van der Waals surface area contributed by atoms with Gasteiger partial charge in [-0.1, -0.05) is 103 Å². The number of fused-ring (bicyclic) bond motifs is 1. The van der Waals surface area contributed by atoms with E-state index in [9.17, 15) is 4.79 Å². The van der Waals surface area contributed by atoms with Crippen LogP contribution in [0.5, 0.6) is 0 Å². The van der Waals surface area contributed by atoms with E-state index in [1.165, 1.54) is 5.56 Å². The second-order valence-electron chi connectivity index (χ2n) is 7.62. The molecule has 1 unspecified atom stereocenters. The highest BCUT2D eigenvalue weighted by Crippen LogP contribution is 2.29. The Hall–Kier alpha value is -4.05. The first-order chi connectivity index (χ1) is 15.3. The number of nitrogens with one attached hydrogen (secondary N) is 2. The van der Waals surface area contributed by atoms with Gasteiger partial charge in [0, 0.05) is 12.6 Å². The van der Waals surface area contributed by atoms with Gasteiger partial charge in [0.15, 0.2) is 0 Å². The molecule has 4 nitrogen and oxygen atoms in total. The summed E-state index contributed by atoms with van der Waals surface area (Å²) in [5.41, 5.74) is 5.20. The molecule has 0 spiro atoms. The van der Waals surface area contributed by atoms with Crippen LogP contribution >= 0.6 is 0 Å². The van der Waals surface area contributed by atoms with Crippen molar-refractivity contribution in [1.29, 1.82) is 0 Å². The van der Waals surface area contributed by atoms with Gasteiger partial charge in [0.05, 0.1) is 11.4 Å². The van der Waals surface area contributed by atoms with E-state index >= 15 is 0 Å². The smallest absolute Gasteiger partial charge is 0.258 e. The molecule has 1 fully saturated rings. The highest BCUT2D eigenvalue weighted by Gasteiger charge is 2.37. The summed E-state index contributed by atoms with van der Waals surface area (Å²) in [6.07, 6.45) is 6.51. The lowest BCUT2D eigenvalue weighted by molar-refractivity contribution is -0.125. The van der Waals surface area contributed by atoms with Gasteiger partial charge < -0.3 is 10.6 Å². The molecule has 31 heavy (non-hydrogen) atoms. The van der Waals surface area contributed by atoms with Crippen LogP contribution in [0.1, 0.15) is 16.7 Å². The van der Waals surface area contributed by atoms with Crippen molar-refractivity contribution in [3.8, 4) is 0 Å². The van der Waals surface area contributed by atoms with Crippen molar-refractivity contribution < 1.29 is 4.79 Å². The van der Waals surface area contributed by atoms with E-state index in [2.05, 4.69) is 22.8 Å². The van der Waals surface area contributed by atoms with Crippen LogP contribution in [0.15, 0.2) is 115 Å². The van der Waals surface area contributed by atoms with Gasteiger partial charge in [-0.2, -0.15) is 0 Å². The first-order valence-corrected chi connectivity index (χ1v) is 10.4. The minimum atomic E-state index is -0.408. The quantitative estimate of drug-likeness (QED) is 0.656. The zero-order valence-corrected chi connectivity index (χ0v) is 17.0. The second-order valence-corrected chi connectivity index (χ2v) is 7.62. The largest absolute Gasteiger partial charge is 0.355 e. The minimum absolute atomic E-state index is 0.0164. The molecule has 152 valence electrons. The fraction of sp³-hybridized carbons (Fsp3) is 0.0741. The molecule has 1 saturated heterocycles. The summed E-state index contributed by atoms with van der Waals surface area (Å²) < 4.78 is 0. The number of hydrogen-bond acceptors (Lipinski definition) is 3. The Bertz CT molecular complexity index is 1160. The van der Waals surface area contributed by atoms with E-state index in [0.717, 1.165) is 28.3 Å². The molecule has 2 aliphatic heterocycles. The van der Waals surface area contributed by atoms with Crippen LogP contribution in [0.3, 0.4) is 0 Å². The maximum atomic E-state index is 13.2. The molecule has 0 aromatic heterocycles. The lowest BCUT2D eigenvalue weighted by atomic mass is 10.1. The molecule has 0 bridgehead atoms. The zero-order chi connectivity index (χ0) is 21.0. The summed E-state index contributed by atoms with van der Waals surface area (Å²) >= 11 is 0. The van der Waals surface area contributed by atoms with E-state index in [0.29, 0.717) is 6.42 Å².